The number of unbranched alkanes of at least 4 members (excludes halogenated alkanes) is 2. The Bertz CT molecular complexity index is 588. The molecule has 0 atom stereocenters. The van der Waals surface area contributed by atoms with Crippen LogP contribution in [0.2, 0.25) is 0 Å². The van der Waals surface area contributed by atoms with Crippen LogP contribution in [0.15, 0.2) is 23.1 Å². The van der Waals surface area contributed by atoms with E-state index in [4.69, 9.17) is 5.26 Å². The predicted octanol–water partition coefficient (Wildman–Crippen LogP) is 2.15. The van der Waals surface area contributed by atoms with Gasteiger partial charge in [-0.3, -0.25) is 0 Å². The second kappa shape index (κ2) is 6.18. The van der Waals surface area contributed by atoms with Crippen LogP contribution in [0.3, 0.4) is 0 Å². The predicted molar refractivity (Wildman–Crippen MR) is 73.1 cm³/mol. The molecular formula is C14H18N2O2S. The van der Waals surface area contributed by atoms with Gasteiger partial charge in [-0.1, -0.05) is 6.07 Å². The highest BCUT2D eigenvalue weighted by Gasteiger charge is 2.17. The average Bonchev–Trinajstić information content (AvgIpc) is 2.85. The first-order valence-corrected chi connectivity index (χ1v) is 8.10. The van der Waals surface area contributed by atoms with E-state index in [1.807, 2.05) is 12.1 Å². The summed E-state index contributed by atoms with van der Waals surface area (Å²) < 4.78 is 26.8. The van der Waals surface area contributed by atoms with E-state index in [0.717, 1.165) is 31.2 Å². The van der Waals surface area contributed by atoms with E-state index in [0.29, 0.717) is 24.3 Å². The highest BCUT2D eigenvalue weighted by Crippen LogP contribution is 2.24. The molecule has 1 aromatic carbocycles. The van der Waals surface area contributed by atoms with Crippen molar-refractivity contribution in [3.63, 3.8) is 0 Å². The molecular weight excluding hydrogens is 260 g/mol. The van der Waals surface area contributed by atoms with Crippen molar-refractivity contribution in [2.75, 3.05) is 6.54 Å². The summed E-state index contributed by atoms with van der Waals surface area (Å²) in [5.41, 5.74) is 2.43. The van der Waals surface area contributed by atoms with E-state index >= 15 is 0 Å². The van der Waals surface area contributed by atoms with Crippen LogP contribution in [0, 0.1) is 11.3 Å². The molecule has 0 radical (unpaired) electrons. The van der Waals surface area contributed by atoms with Crippen molar-refractivity contribution in [2.45, 2.75) is 43.4 Å². The molecule has 1 aliphatic rings. The lowest BCUT2D eigenvalue weighted by Gasteiger charge is -2.08. The Morgan fingerprint density at radius 2 is 2.00 bits per heavy atom. The standard InChI is InChI=1S/C14H18N2O2S/c15-9-2-1-3-10-16-19(17,18)14-8-7-12-5-4-6-13(12)11-14/h7-8,11,16H,1-6,10H2. The summed E-state index contributed by atoms with van der Waals surface area (Å²) >= 11 is 0. The van der Waals surface area contributed by atoms with Gasteiger partial charge in [0.1, 0.15) is 0 Å². The fourth-order valence-corrected chi connectivity index (χ4v) is 3.46. The van der Waals surface area contributed by atoms with Gasteiger partial charge < -0.3 is 0 Å². The number of nitriles is 1. The Kier molecular flexibility index (Phi) is 4.56. The summed E-state index contributed by atoms with van der Waals surface area (Å²) in [4.78, 5) is 0.355. The van der Waals surface area contributed by atoms with Crippen molar-refractivity contribution < 1.29 is 8.42 Å². The van der Waals surface area contributed by atoms with Gasteiger partial charge in [-0.15, -0.1) is 0 Å². The van der Waals surface area contributed by atoms with E-state index < -0.39 is 10.0 Å². The van der Waals surface area contributed by atoms with Crippen LogP contribution in [-0.4, -0.2) is 15.0 Å². The second-order valence-corrected chi connectivity index (χ2v) is 6.56. The average molecular weight is 278 g/mol. The molecule has 0 saturated carbocycles. The van der Waals surface area contributed by atoms with Gasteiger partial charge in [0.15, 0.2) is 0 Å². The normalized spacial score (nSPS) is 14.1. The molecule has 1 aromatic rings. The minimum absolute atomic E-state index is 0.355. The minimum atomic E-state index is -3.40. The number of hydrogen-bond donors (Lipinski definition) is 1. The van der Waals surface area contributed by atoms with Crippen molar-refractivity contribution in [3.05, 3.63) is 29.3 Å². The SMILES string of the molecule is N#CCCCCNS(=O)(=O)c1ccc2c(c1)CCC2. The van der Waals surface area contributed by atoms with Gasteiger partial charge in [0.2, 0.25) is 10.0 Å². The van der Waals surface area contributed by atoms with Crippen LogP contribution in [-0.2, 0) is 22.9 Å². The zero-order valence-corrected chi connectivity index (χ0v) is 11.7. The monoisotopic (exact) mass is 278 g/mol. The second-order valence-electron chi connectivity index (χ2n) is 4.80. The summed E-state index contributed by atoms with van der Waals surface area (Å²) in [7, 11) is -3.40. The molecule has 1 aliphatic carbocycles. The summed E-state index contributed by atoms with van der Waals surface area (Å²) in [6.07, 6.45) is 5.03. The van der Waals surface area contributed by atoms with Crippen LogP contribution in [0.4, 0.5) is 0 Å². The number of nitrogens with one attached hydrogen (secondary N) is 1. The third-order valence-corrected chi connectivity index (χ3v) is 4.85. The van der Waals surface area contributed by atoms with E-state index in [-0.39, 0.29) is 0 Å². The molecule has 0 aromatic heterocycles. The van der Waals surface area contributed by atoms with E-state index in [2.05, 4.69) is 4.72 Å². The third kappa shape index (κ3) is 3.55. The van der Waals surface area contributed by atoms with Gasteiger partial charge in [-0.2, -0.15) is 5.26 Å². The van der Waals surface area contributed by atoms with Crippen LogP contribution in [0.25, 0.3) is 0 Å². The Labute approximate surface area is 114 Å². The highest BCUT2D eigenvalue weighted by atomic mass is 32.2. The number of rotatable bonds is 6. The first-order chi connectivity index (χ1) is 9.13. The molecule has 5 heteroatoms. The van der Waals surface area contributed by atoms with E-state index in [1.54, 1.807) is 12.1 Å². The first kappa shape index (κ1) is 14.0. The van der Waals surface area contributed by atoms with Gasteiger partial charge in [0.25, 0.3) is 0 Å². The van der Waals surface area contributed by atoms with E-state index in [9.17, 15) is 8.42 Å². The van der Waals surface area contributed by atoms with Gasteiger partial charge in [-0.25, -0.2) is 13.1 Å². The molecule has 0 heterocycles. The molecule has 0 saturated heterocycles. The number of aryl methyl sites for hydroxylation is 2. The third-order valence-electron chi connectivity index (χ3n) is 3.39. The molecule has 0 fully saturated rings. The van der Waals surface area contributed by atoms with Crippen LogP contribution >= 0.6 is 0 Å². The lowest BCUT2D eigenvalue weighted by molar-refractivity contribution is 0.577. The zero-order chi connectivity index (χ0) is 13.7. The summed E-state index contributed by atoms with van der Waals surface area (Å²) in [5.74, 6) is 0. The number of fused-ring (bicyclic) bond motifs is 1. The first-order valence-electron chi connectivity index (χ1n) is 6.62. The van der Waals surface area contributed by atoms with Crippen molar-refractivity contribution in [1.29, 1.82) is 5.26 Å². The molecule has 0 bridgehead atoms. The van der Waals surface area contributed by atoms with Gasteiger partial charge in [-0.05, 0) is 55.4 Å². The van der Waals surface area contributed by atoms with Crippen molar-refractivity contribution in [3.8, 4) is 6.07 Å². The zero-order valence-electron chi connectivity index (χ0n) is 10.9. The molecule has 19 heavy (non-hydrogen) atoms. The molecule has 1 N–H and O–H groups in total. The maximum absolute atomic E-state index is 12.1. The Morgan fingerprint density at radius 1 is 1.21 bits per heavy atom. The summed E-state index contributed by atoms with van der Waals surface area (Å²) in [6.45, 7) is 0.390. The minimum Gasteiger partial charge on any atom is -0.211 e. The number of nitrogens with zero attached hydrogens (tertiary/aromatic N) is 1. The lowest BCUT2D eigenvalue weighted by atomic mass is 10.1. The number of sulfonamides is 1. The maximum Gasteiger partial charge on any atom is 0.240 e. The summed E-state index contributed by atoms with van der Waals surface area (Å²) in [5, 5.41) is 8.40. The highest BCUT2D eigenvalue weighted by molar-refractivity contribution is 7.89. The molecule has 2 rings (SSSR count). The molecule has 0 amide bonds. The Morgan fingerprint density at radius 3 is 2.79 bits per heavy atom. The van der Waals surface area contributed by atoms with Crippen molar-refractivity contribution in [1.82, 2.24) is 4.72 Å². The fraction of sp³-hybridized carbons (Fsp3) is 0.500. The molecule has 0 aliphatic heterocycles. The van der Waals surface area contributed by atoms with Gasteiger partial charge in [0, 0.05) is 13.0 Å². The quantitative estimate of drug-likeness (QED) is 0.810. The lowest BCUT2D eigenvalue weighted by Crippen LogP contribution is -2.24. The Hall–Kier alpha value is -1.38. The molecule has 0 spiro atoms. The molecule has 4 nitrogen and oxygen atoms in total. The van der Waals surface area contributed by atoms with Gasteiger partial charge in [0.05, 0.1) is 11.0 Å². The van der Waals surface area contributed by atoms with Crippen molar-refractivity contribution >= 4 is 10.0 Å². The van der Waals surface area contributed by atoms with Crippen LogP contribution < -0.4 is 4.72 Å². The molecule has 0 unspecified atom stereocenters. The molecule has 102 valence electrons. The summed E-state index contributed by atoms with van der Waals surface area (Å²) in [6, 6.07) is 7.45. The maximum atomic E-state index is 12.1. The van der Waals surface area contributed by atoms with Crippen LogP contribution in [0.1, 0.15) is 36.8 Å². The number of hydrogen-bond acceptors (Lipinski definition) is 3. The Balaban J connectivity index is 1.98. The van der Waals surface area contributed by atoms with E-state index in [1.165, 1.54) is 5.56 Å². The van der Waals surface area contributed by atoms with Gasteiger partial charge >= 0.3 is 0 Å². The smallest absolute Gasteiger partial charge is 0.211 e. The topological polar surface area (TPSA) is 70.0 Å². The number of benzene rings is 1. The van der Waals surface area contributed by atoms with Crippen LogP contribution in [0.5, 0.6) is 0 Å². The fourth-order valence-electron chi connectivity index (χ4n) is 2.33. The van der Waals surface area contributed by atoms with Crippen molar-refractivity contribution in [2.24, 2.45) is 0 Å². The largest absolute Gasteiger partial charge is 0.240 e.